The fourth-order valence-corrected chi connectivity index (χ4v) is 2.28. The van der Waals surface area contributed by atoms with Crippen LogP contribution in [0.15, 0.2) is 28.8 Å². The van der Waals surface area contributed by atoms with Gasteiger partial charge in [-0.2, -0.15) is 4.98 Å². The zero-order valence-electron chi connectivity index (χ0n) is 14.5. The number of aromatic nitrogens is 2. The van der Waals surface area contributed by atoms with Gasteiger partial charge in [0.2, 0.25) is 5.89 Å². The summed E-state index contributed by atoms with van der Waals surface area (Å²) in [5.74, 6) is 2.22. The largest absolute Gasteiger partial charge is 0.483 e. The van der Waals surface area contributed by atoms with Gasteiger partial charge in [0.1, 0.15) is 5.75 Å². The number of aryl methyl sites for hydroxylation is 1. The molecule has 0 radical (unpaired) electrons. The van der Waals surface area contributed by atoms with Crippen molar-refractivity contribution in [2.45, 2.75) is 46.0 Å². The molecule has 1 amide bonds. The number of benzene rings is 1. The van der Waals surface area contributed by atoms with E-state index in [0.29, 0.717) is 30.6 Å². The van der Waals surface area contributed by atoms with Crippen LogP contribution in [0.5, 0.6) is 5.75 Å². The third-order valence-corrected chi connectivity index (χ3v) is 3.91. The Morgan fingerprint density at radius 3 is 2.83 bits per heavy atom. The molecular weight excluding hydrogens is 306 g/mol. The van der Waals surface area contributed by atoms with Gasteiger partial charge in [-0.05, 0) is 24.0 Å². The molecule has 24 heavy (non-hydrogen) atoms. The first-order valence-corrected chi connectivity index (χ1v) is 8.43. The van der Waals surface area contributed by atoms with Gasteiger partial charge in [0.05, 0.1) is 0 Å². The van der Waals surface area contributed by atoms with E-state index in [1.54, 1.807) is 0 Å². The van der Waals surface area contributed by atoms with Crippen LogP contribution < -0.4 is 10.1 Å². The minimum atomic E-state index is -0.163. The number of nitrogens with zero attached hydrogens (tertiary/aromatic N) is 2. The van der Waals surface area contributed by atoms with E-state index in [4.69, 9.17) is 9.26 Å². The van der Waals surface area contributed by atoms with Gasteiger partial charge >= 0.3 is 0 Å². The highest BCUT2D eigenvalue weighted by Crippen LogP contribution is 2.28. The highest BCUT2D eigenvalue weighted by Gasteiger charge is 2.11. The molecule has 1 aromatic carbocycles. The van der Waals surface area contributed by atoms with E-state index in [-0.39, 0.29) is 12.5 Å². The van der Waals surface area contributed by atoms with Crippen LogP contribution in [-0.4, -0.2) is 29.2 Å². The summed E-state index contributed by atoms with van der Waals surface area (Å²) >= 11 is 0. The molecule has 0 saturated heterocycles. The molecule has 0 aliphatic carbocycles. The first kappa shape index (κ1) is 18.0. The summed E-state index contributed by atoms with van der Waals surface area (Å²) < 4.78 is 10.8. The fraction of sp³-hybridized carbons (Fsp3) is 0.500. The summed E-state index contributed by atoms with van der Waals surface area (Å²) in [7, 11) is 0. The molecule has 1 aromatic heterocycles. The predicted octanol–water partition coefficient (Wildman–Crippen LogP) is 2.88. The van der Waals surface area contributed by atoms with Crippen molar-refractivity contribution in [1.29, 1.82) is 0 Å². The van der Waals surface area contributed by atoms with E-state index in [2.05, 4.69) is 29.3 Å². The third kappa shape index (κ3) is 5.08. The number of rotatable bonds is 9. The van der Waals surface area contributed by atoms with E-state index in [0.717, 1.165) is 24.2 Å². The van der Waals surface area contributed by atoms with E-state index in [9.17, 15) is 4.79 Å². The Kier molecular flexibility index (Phi) is 6.78. The summed E-state index contributed by atoms with van der Waals surface area (Å²) in [4.78, 5) is 16.1. The lowest BCUT2D eigenvalue weighted by molar-refractivity contribution is -0.123. The standard InChI is InChI=1S/C18H25N3O3/c1-4-13(3)14-8-6-7-9-15(14)23-12-17(22)19-11-10-18-20-16(5-2)21-24-18/h6-9,13H,4-5,10-12H2,1-3H3,(H,19,22). The second kappa shape index (κ2) is 9.05. The first-order chi connectivity index (χ1) is 11.6. The van der Waals surface area contributed by atoms with E-state index in [1.807, 2.05) is 31.2 Å². The number of para-hydroxylation sites is 1. The number of nitrogens with one attached hydrogen (secondary N) is 1. The van der Waals surface area contributed by atoms with Crippen molar-refractivity contribution in [3.05, 3.63) is 41.5 Å². The van der Waals surface area contributed by atoms with Crippen molar-refractivity contribution in [3.8, 4) is 5.75 Å². The monoisotopic (exact) mass is 331 g/mol. The number of hydrogen-bond donors (Lipinski definition) is 1. The molecule has 1 N–H and O–H groups in total. The van der Waals surface area contributed by atoms with Crippen LogP contribution in [0.3, 0.4) is 0 Å². The number of hydrogen-bond acceptors (Lipinski definition) is 5. The molecule has 0 aliphatic heterocycles. The maximum absolute atomic E-state index is 11.9. The molecule has 2 rings (SSSR count). The molecule has 2 aromatic rings. The van der Waals surface area contributed by atoms with E-state index in [1.165, 1.54) is 0 Å². The van der Waals surface area contributed by atoms with Crippen LogP contribution in [0.4, 0.5) is 0 Å². The molecule has 6 heteroatoms. The Labute approximate surface area is 142 Å². The van der Waals surface area contributed by atoms with Gasteiger partial charge < -0.3 is 14.6 Å². The van der Waals surface area contributed by atoms with E-state index >= 15 is 0 Å². The highest BCUT2D eigenvalue weighted by atomic mass is 16.5. The average Bonchev–Trinajstić information content (AvgIpc) is 3.07. The maximum Gasteiger partial charge on any atom is 0.257 e. The zero-order chi connectivity index (χ0) is 17.4. The lowest BCUT2D eigenvalue weighted by atomic mass is 9.98. The molecule has 1 heterocycles. The highest BCUT2D eigenvalue weighted by molar-refractivity contribution is 5.77. The molecule has 0 fully saturated rings. The van der Waals surface area contributed by atoms with Crippen LogP contribution in [0, 0.1) is 0 Å². The van der Waals surface area contributed by atoms with Crippen molar-refractivity contribution >= 4 is 5.91 Å². The minimum absolute atomic E-state index is 0.00249. The Hall–Kier alpha value is -2.37. The van der Waals surface area contributed by atoms with Gasteiger partial charge in [0.25, 0.3) is 5.91 Å². The van der Waals surface area contributed by atoms with Gasteiger partial charge in [-0.15, -0.1) is 0 Å². The molecule has 130 valence electrons. The predicted molar refractivity (Wildman–Crippen MR) is 91.0 cm³/mol. The van der Waals surface area contributed by atoms with E-state index < -0.39 is 0 Å². The van der Waals surface area contributed by atoms with Crippen LogP contribution in [0.2, 0.25) is 0 Å². The van der Waals surface area contributed by atoms with Crippen LogP contribution in [-0.2, 0) is 17.6 Å². The third-order valence-electron chi connectivity index (χ3n) is 3.91. The zero-order valence-corrected chi connectivity index (χ0v) is 14.5. The molecule has 0 aliphatic rings. The minimum Gasteiger partial charge on any atom is -0.483 e. The topological polar surface area (TPSA) is 77.2 Å². The van der Waals surface area contributed by atoms with Crippen LogP contribution >= 0.6 is 0 Å². The summed E-state index contributed by atoms with van der Waals surface area (Å²) in [5, 5.41) is 6.62. The summed E-state index contributed by atoms with van der Waals surface area (Å²) in [6.07, 6.45) is 2.28. The molecular formula is C18H25N3O3. The molecule has 0 bridgehead atoms. The molecule has 1 unspecified atom stereocenters. The first-order valence-electron chi connectivity index (χ1n) is 8.43. The van der Waals surface area contributed by atoms with Crippen molar-refractivity contribution in [2.24, 2.45) is 0 Å². The Morgan fingerprint density at radius 1 is 1.33 bits per heavy atom. The number of amides is 1. The second-order valence-corrected chi connectivity index (χ2v) is 5.69. The molecule has 0 spiro atoms. The fourth-order valence-electron chi connectivity index (χ4n) is 2.28. The SMILES string of the molecule is CCc1noc(CCNC(=O)COc2ccccc2C(C)CC)n1. The van der Waals surface area contributed by atoms with Crippen molar-refractivity contribution in [3.63, 3.8) is 0 Å². The second-order valence-electron chi connectivity index (χ2n) is 5.69. The van der Waals surface area contributed by atoms with Crippen molar-refractivity contribution in [1.82, 2.24) is 15.5 Å². The average molecular weight is 331 g/mol. The Morgan fingerprint density at radius 2 is 2.12 bits per heavy atom. The van der Waals surface area contributed by atoms with Crippen molar-refractivity contribution in [2.75, 3.05) is 13.2 Å². The Balaban J connectivity index is 1.77. The number of carbonyl (C=O) groups is 1. The van der Waals surface area contributed by atoms with Gasteiger partial charge in [0.15, 0.2) is 12.4 Å². The Bertz CT molecular complexity index is 654. The summed E-state index contributed by atoms with van der Waals surface area (Å²) in [6.45, 7) is 6.69. The van der Waals surface area contributed by atoms with Gasteiger partial charge in [-0.1, -0.05) is 44.1 Å². The molecule has 6 nitrogen and oxygen atoms in total. The normalized spacial score (nSPS) is 12.0. The molecule has 1 atom stereocenters. The van der Waals surface area contributed by atoms with Gasteiger partial charge in [0, 0.05) is 19.4 Å². The lowest BCUT2D eigenvalue weighted by Crippen LogP contribution is -2.30. The smallest absolute Gasteiger partial charge is 0.257 e. The summed E-state index contributed by atoms with van der Waals surface area (Å²) in [5.41, 5.74) is 1.13. The maximum atomic E-state index is 11.9. The summed E-state index contributed by atoms with van der Waals surface area (Å²) in [6, 6.07) is 7.85. The van der Waals surface area contributed by atoms with Crippen LogP contribution in [0.25, 0.3) is 0 Å². The van der Waals surface area contributed by atoms with Crippen molar-refractivity contribution < 1.29 is 14.1 Å². The quantitative estimate of drug-likeness (QED) is 0.764. The molecule has 0 saturated carbocycles. The van der Waals surface area contributed by atoms with Gasteiger partial charge in [-0.25, -0.2) is 0 Å². The lowest BCUT2D eigenvalue weighted by Gasteiger charge is -2.15. The number of carbonyl (C=O) groups excluding carboxylic acids is 1. The van der Waals surface area contributed by atoms with Crippen LogP contribution in [0.1, 0.15) is 50.4 Å². The van der Waals surface area contributed by atoms with Gasteiger partial charge in [-0.3, -0.25) is 4.79 Å². The number of ether oxygens (including phenoxy) is 1.